The van der Waals surface area contributed by atoms with E-state index in [0.717, 1.165) is 19.3 Å². The standard InChI is InChI=1S/C21H19N3O5/c1-3-4-5-8-23-19-17(20(25)16-10-13(29-2)11-22-18(16)19)14-7-6-12(24(27)28)9-15(14)21(23)26/h6-7,9-11H,3-5,8H2,1-2H3. The lowest BCUT2D eigenvalue weighted by Crippen LogP contribution is -2.23. The van der Waals surface area contributed by atoms with E-state index in [1.165, 1.54) is 31.5 Å². The maximum Gasteiger partial charge on any atom is 0.270 e. The van der Waals surface area contributed by atoms with Crippen LogP contribution >= 0.6 is 0 Å². The summed E-state index contributed by atoms with van der Waals surface area (Å²) in [6.07, 6.45) is 4.16. The van der Waals surface area contributed by atoms with Crippen LogP contribution in [0.2, 0.25) is 0 Å². The van der Waals surface area contributed by atoms with Crippen molar-refractivity contribution >= 4 is 22.2 Å². The molecule has 0 fully saturated rings. The fourth-order valence-electron chi connectivity index (χ4n) is 3.81. The van der Waals surface area contributed by atoms with Gasteiger partial charge >= 0.3 is 0 Å². The van der Waals surface area contributed by atoms with E-state index in [4.69, 9.17) is 4.74 Å². The first-order valence-corrected chi connectivity index (χ1v) is 9.42. The third-order valence-electron chi connectivity index (χ3n) is 5.25. The van der Waals surface area contributed by atoms with Crippen molar-refractivity contribution in [1.29, 1.82) is 0 Å². The van der Waals surface area contributed by atoms with Crippen molar-refractivity contribution in [2.75, 3.05) is 7.11 Å². The van der Waals surface area contributed by atoms with Crippen molar-refractivity contribution in [3.05, 3.63) is 62.1 Å². The molecule has 29 heavy (non-hydrogen) atoms. The van der Waals surface area contributed by atoms with Gasteiger partial charge in [0.2, 0.25) is 0 Å². The number of nitro groups is 1. The Labute approximate surface area is 165 Å². The predicted molar refractivity (Wildman–Crippen MR) is 108 cm³/mol. The second-order valence-electron chi connectivity index (χ2n) is 6.97. The van der Waals surface area contributed by atoms with E-state index in [9.17, 15) is 19.7 Å². The molecule has 0 saturated heterocycles. The van der Waals surface area contributed by atoms with Gasteiger partial charge in [-0.1, -0.05) is 19.8 Å². The van der Waals surface area contributed by atoms with Gasteiger partial charge < -0.3 is 9.30 Å². The predicted octanol–water partition coefficient (Wildman–Crippen LogP) is 3.71. The number of ether oxygens (including phenoxy) is 1. The number of fused-ring (bicyclic) bond motifs is 5. The summed E-state index contributed by atoms with van der Waals surface area (Å²) in [6, 6.07) is 5.65. The number of nitrogens with zero attached hydrogens (tertiary/aromatic N) is 3. The molecule has 2 aromatic heterocycles. The molecule has 0 radical (unpaired) electrons. The lowest BCUT2D eigenvalue weighted by atomic mass is 10.0. The summed E-state index contributed by atoms with van der Waals surface area (Å²) in [4.78, 5) is 41.6. The van der Waals surface area contributed by atoms with Crippen LogP contribution in [-0.2, 0) is 6.54 Å². The van der Waals surface area contributed by atoms with Crippen LogP contribution in [0.5, 0.6) is 5.75 Å². The highest BCUT2D eigenvalue weighted by Crippen LogP contribution is 2.39. The Morgan fingerprint density at radius 2 is 1.97 bits per heavy atom. The Bertz CT molecular complexity index is 1230. The van der Waals surface area contributed by atoms with Crippen molar-refractivity contribution in [3.63, 3.8) is 0 Å². The average molecular weight is 393 g/mol. The number of benzene rings is 1. The van der Waals surface area contributed by atoms with E-state index in [-0.39, 0.29) is 22.4 Å². The molecule has 0 saturated carbocycles. The van der Waals surface area contributed by atoms with Crippen LogP contribution in [0, 0.1) is 10.1 Å². The number of unbranched alkanes of at least 4 members (excludes halogenated alkanes) is 2. The molecule has 148 valence electrons. The maximum absolute atomic E-state index is 13.3. The number of ketones is 1. The minimum atomic E-state index is -0.545. The first-order chi connectivity index (χ1) is 14.0. The van der Waals surface area contributed by atoms with Gasteiger partial charge in [0.15, 0.2) is 5.78 Å². The zero-order valence-corrected chi connectivity index (χ0v) is 16.1. The van der Waals surface area contributed by atoms with E-state index in [1.54, 1.807) is 10.6 Å². The largest absolute Gasteiger partial charge is 0.495 e. The van der Waals surface area contributed by atoms with E-state index in [1.807, 2.05) is 0 Å². The van der Waals surface area contributed by atoms with Gasteiger partial charge in [-0.05, 0) is 18.6 Å². The highest BCUT2D eigenvalue weighted by Gasteiger charge is 2.34. The molecule has 0 spiro atoms. The van der Waals surface area contributed by atoms with Gasteiger partial charge in [0, 0.05) is 24.1 Å². The summed E-state index contributed by atoms with van der Waals surface area (Å²) in [6.45, 7) is 2.47. The van der Waals surface area contributed by atoms with Crippen LogP contribution < -0.4 is 10.3 Å². The lowest BCUT2D eigenvalue weighted by molar-refractivity contribution is -0.384. The molecule has 1 aliphatic carbocycles. The molecule has 2 heterocycles. The third-order valence-corrected chi connectivity index (χ3v) is 5.25. The average Bonchev–Trinajstić information content (AvgIpc) is 3.02. The minimum absolute atomic E-state index is 0.169. The van der Waals surface area contributed by atoms with Crippen LogP contribution in [0.15, 0.2) is 35.3 Å². The van der Waals surface area contributed by atoms with Crippen LogP contribution in [-0.4, -0.2) is 27.4 Å². The van der Waals surface area contributed by atoms with Gasteiger partial charge in [0.1, 0.15) is 5.75 Å². The Kier molecular flexibility index (Phi) is 4.62. The van der Waals surface area contributed by atoms with Crippen molar-refractivity contribution in [3.8, 4) is 17.1 Å². The number of non-ortho nitro benzene ring substituents is 1. The molecule has 8 nitrogen and oxygen atoms in total. The number of aromatic nitrogens is 2. The Hall–Kier alpha value is -3.55. The highest BCUT2D eigenvalue weighted by molar-refractivity contribution is 6.26. The summed E-state index contributed by atoms with van der Waals surface area (Å²) in [5, 5.41) is 11.8. The van der Waals surface area contributed by atoms with Crippen LogP contribution in [0.3, 0.4) is 0 Å². The molecule has 0 atom stereocenters. The Morgan fingerprint density at radius 1 is 1.17 bits per heavy atom. The summed E-state index contributed by atoms with van der Waals surface area (Å²) in [5.74, 6) is 0.189. The molecule has 1 aliphatic rings. The van der Waals surface area contributed by atoms with Crippen molar-refractivity contribution in [1.82, 2.24) is 9.55 Å². The van der Waals surface area contributed by atoms with Gasteiger partial charge in [-0.2, -0.15) is 0 Å². The van der Waals surface area contributed by atoms with E-state index in [0.29, 0.717) is 40.2 Å². The van der Waals surface area contributed by atoms with E-state index in [2.05, 4.69) is 11.9 Å². The van der Waals surface area contributed by atoms with Gasteiger partial charge in [-0.15, -0.1) is 0 Å². The second-order valence-corrected chi connectivity index (χ2v) is 6.97. The van der Waals surface area contributed by atoms with Crippen molar-refractivity contribution < 1.29 is 14.5 Å². The molecule has 0 amide bonds. The van der Waals surface area contributed by atoms with Crippen LogP contribution in [0.25, 0.3) is 22.2 Å². The SMILES string of the molecule is CCCCCn1c2c(c3ccc([N+](=O)[O-])cc3c1=O)C(=O)c1cc(OC)cnc1-2. The van der Waals surface area contributed by atoms with Gasteiger partial charge in [-0.25, -0.2) is 0 Å². The quantitative estimate of drug-likeness (QED) is 0.281. The molecule has 0 bridgehead atoms. The zero-order valence-electron chi connectivity index (χ0n) is 16.1. The number of carbonyl (C=O) groups is 1. The molecule has 0 unspecified atom stereocenters. The number of rotatable bonds is 6. The van der Waals surface area contributed by atoms with E-state index < -0.39 is 4.92 Å². The van der Waals surface area contributed by atoms with Gasteiger partial charge in [0.25, 0.3) is 11.2 Å². The summed E-state index contributed by atoms with van der Waals surface area (Å²) in [7, 11) is 1.49. The summed E-state index contributed by atoms with van der Waals surface area (Å²) >= 11 is 0. The monoisotopic (exact) mass is 393 g/mol. The van der Waals surface area contributed by atoms with Gasteiger partial charge in [-0.3, -0.25) is 24.7 Å². The van der Waals surface area contributed by atoms with Crippen LogP contribution in [0.1, 0.15) is 42.1 Å². The molecule has 3 aromatic rings. The maximum atomic E-state index is 13.3. The Balaban J connectivity index is 2.06. The number of carbonyl (C=O) groups excluding carboxylic acids is 1. The molecule has 0 N–H and O–H groups in total. The number of hydrogen-bond donors (Lipinski definition) is 0. The normalized spacial score (nSPS) is 12.1. The molecular formula is C21H19N3O5. The first-order valence-electron chi connectivity index (χ1n) is 9.42. The molecular weight excluding hydrogens is 374 g/mol. The smallest absolute Gasteiger partial charge is 0.270 e. The fraction of sp³-hybridized carbons (Fsp3) is 0.286. The van der Waals surface area contributed by atoms with E-state index >= 15 is 0 Å². The number of nitro benzene ring substituents is 1. The highest BCUT2D eigenvalue weighted by atomic mass is 16.6. The first kappa shape index (κ1) is 18.8. The number of methoxy groups -OCH3 is 1. The fourth-order valence-corrected chi connectivity index (χ4v) is 3.81. The third kappa shape index (κ3) is 2.88. The molecule has 4 rings (SSSR count). The number of pyridine rings is 2. The number of hydrogen-bond acceptors (Lipinski definition) is 6. The minimum Gasteiger partial charge on any atom is -0.495 e. The topological polar surface area (TPSA) is 104 Å². The van der Waals surface area contributed by atoms with Crippen molar-refractivity contribution in [2.45, 2.75) is 32.7 Å². The van der Waals surface area contributed by atoms with Crippen LogP contribution in [0.4, 0.5) is 5.69 Å². The molecule has 8 heteroatoms. The van der Waals surface area contributed by atoms with Crippen molar-refractivity contribution in [2.24, 2.45) is 0 Å². The Morgan fingerprint density at radius 3 is 2.66 bits per heavy atom. The lowest BCUT2D eigenvalue weighted by Gasteiger charge is -2.14. The second kappa shape index (κ2) is 7.12. The molecule has 0 aliphatic heterocycles. The van der Waals surface area contributed by atoms with Gasteiger partial charge in [0.05, 0.1) is 46.1 Å². The summed E-state index contributed by atoms with van der Waals surface area (Å²) in [5.41, 5.74) is 1.12. The molecule has 1 aromatic carbocycles. The summed E-state index contributed by atoms with van der Waals surface area (Å²) < 4.78 is 6.73. The zero-order chi connectivity index (χ0) is 20.7.